The Morgan fingerprint density at radius 3 is 0.931 bits per heavy atom. The van der Waals surface area contributed by atoms with Crippen LogP contribution in [0, 0.1) is 0 Å². The van der Waals surface area contributed by atoms with Crippen LogP contribution in [0.3, 0.4) is 0 Å². The number of rotatable bonds is 18. The number of methoxy groups -OCH3 is 3. The normalized spacial score (nSPS) is 13.0. The van der Waals surface area contributed by atoms with E-state index < -0.39 is 30.9 Å². The van der Waals surface area contributed by atoms with Crippen LogP contribution in [-0.4, -0.2) is 91.8 Å². The van der Waals surface area contributed by atoms with Crippen molar-refractivity contribution in [1.82, 2.24) is 0 Å². The van der Waals surface area contributed by atoms with Gasteiger partial charge in [-0.3, -0.25) is 0 Å². The molecule has 0 amide bonds. The van der Waals surface area contributed by atoms with Gasteiger partial charge in [-0.1, -0.05) is 39.3 Å². The van der Waals surface area contributed by atoms with Gasteiger partial charge in [0.1, 0.15) is 0 Å². The monoisotopic (exact) mass is 492 g/mol. The van der Waals surface area contributed by atoms with Crippen molar-refractivity contribution in [3.05, 3.63) is 0 Å². The number of hydrogen-bond acceptors (Lipinski definition) is 6. The van der Waals surface area contributed by atoms with Crippen molar-refractivity contribution in [3.63, 3.8) is 0 Å². The van der Waals surface area contributed by atoms with Gasteiger partial charge in [-0.15, -0.1) is 0 Å². The Bertz CT molecular complexity index is 345. The smallest absolute Gasteiger partial charge is 0.453 e. The third kappa shape index (κ3) is 13.7. The third-order valence-electron chi connectivity index (χ3n) is 4.67. The van der Waals surface area contributed by atoms with E-state index in [-0.39, 0.29) is 29.6 Å². The van der Waals surface area contributed by atoms with Crippen LogP contribution in [0.5, 0.6) is 0 Å². The Hall–Kier alpha value is 1.63. The molecule has 0 aliphatic heterocycles. The molecule has 0 N–H and O–H groups in total. The second-order valence-corrected chi connectivity index (χ2v) is 39.0. The minimum atomic E-state index is -1.93. The van der Waals surface area contributed by atoms with Gasteiger partial charge in [0, 0.05) is 84.5 Å². The zero-order valence-corrected chi connectivity index (χ0v) is 26.8. The number of hydrogen-bond donors (Lipinski definition) is 0. The van der Waals surface area contributed by atoms with E-state index in [1.807, 2.05) is 0 Å². The summed E-state index contributed by atoms with van der Waals surface area (Å²) >= 11 is 0. The molecule has 0 radical (unpaired) electrons. The van der Waals surface area contributed by atoms with Crippen molar-refractivity contribution in [2.24, 2.45) is 0 Å². The van der Waals surface area contributed by atoms with Gasteiger partial charge in [0.25, 0.3) is 0 Å². The van der Waals surface area contributed by atoms with Gasteiger partial charge >= 0.3 is 29.6 Å². The molecule has 0 aromatic heterocycles. The average molecular weight is 493 g/mol. The Balaban J connectivity index is 0. The molecule has 0 aliphatic carbocycles. The summed E-state index contributed by atoms with van der Waals surface area (Å²) in [4.78, 5) is 0. The third-order valence-corrected chi connectivity index (χ3v) is 55.7. The molecule has 11 heteroatoms. The summed E-state index contributed by atoms with van der Waals surface area (Å²) in [5.74, 6) is 0. The molecule has 29 heavy (non-hydrogen) atoms. The Morgan fingerprint density at radius 1 is 0.483 bits per heavy atom. The molecule has 0 rings (SSSR count). The van der Waals surface area contributed by atoms with Crippen molar-refractivity contribution < 1.29 is 57.0 Å². The maximum Gasteiger partial charge on any atom is 1.00 e. The first-order chi connectivity index (χ1) is 13.0. The molecule has 170 valence electrons. The maximum absolute atomic E-state index is 6.59. The van der Waals surface area contributed by atoms with E-state index in [4.69, 9.17) is 27.5 Å². The average Bonchev–Trinajstić information content (AvgIpc) is 2.58. The van der Waals surface area contributed by atoms with Gasteiger partial charge < -0.3 is 27.5 Å². The van der Waals surface area contributed by atoms with Crippen molar-refractivity contribution >= 4 is 30.9 Å². The summed E-state index contributed by atoms with van der Waals surface area (Å²) in [6.07, 6.45) is 2.82. The van der Waals surface area contributed by atoms with Crippen molar-refractivity contribution in [3.8, 4) is 0 Å². The predicted octanol–water partition coefficient (Wildman–Crippen LogP) is 0.495. The molecule has 0 aromatic rings. The Labute approximate surface area is 206 Å². The van der Waals surface area contributed by atoms with Crippen LogP contribution in [0.4, 0.5) is 0 Å². The fourth-order valence-corrected chi connectivity index (χ4v) is 69.0. The van der Waals surface area contributed by atoms with Crippen molar-refractivity contribution in [1.29, 1.82) is 0 Å². The summed E-state index contributed by atoms with van der Waals surface area (Å²) in [7, 11) is -1.48. The maximum atomic E-state index is 6.59. The SMILES string of the molecule is COCCCO[Si](C)(C)[Si-]([Si](C)(C)OCCCOC)[Si](C)(C)OCCCOC.[Na+]. The second kappa shape index (κ2) is 17.1. The van der Waals surface area contributed by atoms with Crippen molar-refractivity contribution in [2.75, 3.05) is 61.0 Å². The fraction of sp³-hybridized carbons (Fsp3) is 1.00. The van der Waals surface area contributed by atoms with Gasteiger partial charge in [0.15, 0.2) is 0 Å². The molecule has 0 heterocycles. The molecule has 6 nitrogen and oxygen atoms in total. The van der Waals surface area contributed by atoms with Crippen LogP contribution in [0.15, 0.2) is 0 Å². The molecule has 0 saturated heterocycles. The van der Waals surface area contributed by atoms with Crippen LogP contribution in [0.25, 0.3) is 0 Å². The first-order valence-corrected chi connectivity index (χ1v) is 23.5. The van der Waals surface area contributed by atoms with Gasteiger partial charge in [0.2, 0.25) is 0 Å². The van der Waals surface area contributed by atoms with Gasteiger partial charge in [-0.05, 0) is 19.3 Å². The van der Waals surface area contributed by atoms with Gasteiger partial charge in [-0.2, -0.15) is 7.35 Å². The van der Waals surface area contributed by atoms with Crippen LogP contribution in [0.2, 0.25) is 39.3 Å². The standard InChI is InChI=1S/C18H45O6Si4.Na/c1-19-13-10-16-22-26(4,5)25(27(6,7)23-17-11-14-20-2)28(8,9)24-18-12-15-21-3;/h10-18H2,1-9H3;/q-1;+1. The Morgan fingerprint density at radius 2 is 0.724 bits per heavy atom. The fourth-order valence-electron chi connectivity index (χ4n) is 3.98. The molecular weight excluding hydrogens is 448 g/mol. The summed E-state index contributed by atoms with van der Waals surface area (Å²) < 4.78 is 35.3. The van der Waals surface area contributed by atoms with Crippen LogP contribution < -0.4 is 29.6 Å². The summed E-state index contributed by atoms with van der Waals surface area (Å²) in [6.45, 7) is 18.8. The zero-order chi connectivity index (χ0) is 21.7. The first kappa shape index (κ1) is 32.8. The predicted molar refractivity (Wildman–Crippen MR) is 126 cm³/mol. The van der Waals surface area contributed by atoms with E-state index in [1.54, 1.807) is 21.3 Å². The van der Waals surface area contributed by atoms with E-state index >= 15 is 0 Å². The molecule has 0 aliphatic rings. The minimum Gasteiger partial charge on any atom is -0.453 e. The zero-order valence-electron chi connectivity index (χ0n) is 20.8. The van der Waals surface area contributed by atoms with Gasteiger partial charge in [0.05, 0.1) is 0 Å². The van der Waals surface area contributed by atoms with E-state index in [0.717, 1.165) is 58.9 Å². The molecule has 0 bridgehead atoms. The second-order valence-electron chi connectivity index (χ2n) is 8.49. The van der Waals surface area contributed by atoms with Crippen LogP contribution >= 0.6 is 0 Å². The molecule has 0 saturated carbocycles. The summed E-state index contributed by atoms with van der Waals surface area (Å²) in [5, 5.41) is 0. The Kier molecular flexibility index (Phi) is 19.4. The first-order valence-electron chi connectivity index (χ1n) is 10.3. The largest absolute Gasteiger partial charge is 1.00 e. The van der Waals surface area contributed by atoms with Gasteiger partial charge in [-0.25, -0.2) is 0 Å². The van der Waals surface area contributed by atoms with E-state index in [2.05, 4.69) is 39.3 Å². The topological polar surface area (TPSA) is 55.4 Å². The molecule has 0 atom stereocenters. The molecule has 0 spiro atoms. The molecule has 0 aromatic carbocycles. The molecule has 0 unspecified atom stereocenters. The minimum absolute atomic E-state index is 0. The molecular formula is C18H45NaO6Si4. The van der Waals surface area contributed by atoms with E-state index in [0.29, 0.717) is 0 Å². The van der Waals surface area contributed by atoms with Crippen molar-refractivity contribution in [2.45, 2.75) is 58.5 Å². The summed E-state index contributed by atoms with van der Waals surface area (Å²) in [6, 6.07) is 0. The van der Waals surface area contributed by atoms with Crippen LogP contribution in [0.1, 0.15) is 19.3 Å². The van der Waals surface area contributed by atoms with E-state index in [1.165, 1.54) is 0 Å². The van der Waals surface area contributed by atoms with Crippen LogP contribution in [-0.2, 0) is 27.5 Å². The quantitative estimate of drug-likeness (QED) is 0.205. The summed E-state index contributed by atoms with van der Waals surface area (Å²) in [5.41, 5.74) is 0. The molecule has 0 fully saturated rings. The van der Waals surface area contributed by atoms with E-state index in [9.17, 15) is 0 Å². The number of ether oxygens (including phenoxy) is 3.